The van der Waals surface area contributed by atoms with Gasteiger partial charge in [0.2, 0.25) is 5.91 Å². The third kappa shape index (κ3) is 8.12. The Kier molecular flexibility index (Phi) is 10.5. The van der Waals surface area contributed by atoms with Crippen molar-refractivity contribution in [3.63, 3.8) is 0 Å². The number of nitrogens with zero attached hydrogens (tertiary/aromatic N) is 2. The maximum Gasteiger partial charge on any atom is 0.408 e. The number of halogens is 3. The molecule has 1 saturated heterocycles. The average molecular weight is 675 g/mol. The van der Waals surface area contributed by atoms with E-state index in [2.05, 4.69) is 10.6 Å². The molecule has 2 aliphatic rings. The molecule has 0 aliphatic carbocycles. The average Bonchev–Trinajstić information content (AvgIpc) is 3.32. The molecule has 2 N–H and O–H groups in total. The van der Waals surface area contributed by atoms with Gasteiger partial charge in [0.05, 0.1) is 0 Å². The molecule has 2 aliphatic heterocycles. The van der Waals surface area contributed by atoms with Crippen molar-refractivity contribution in [1.82, 2.24) is 20.4 Å². The first-order valence-electron chi connectivity index (χ1n) is 15.2. The van der Waals surface area contributed by atoms with Crippen molar-refractivity contribution in [3.8, 4) is 0 Å². The van der Waals surface area contributed by atoms with Crippen LogP contribution in [0, 0.1) is 11.7 Å². The van der Waals surface area contributed by atoms with Crippen LogP contribution in [0.3, 0.4) is 0 Å². The number of nitrogens with one attached hydrogen (secondary N) is 2. The molecule has 0 saturated carbocycles. The van der Waals surface area contributed by atoms with Crippen molar-refractivity contribution in [2.24, 2.45) is 5.92 Å². The molecule has 48 heavy (non-hydrogen) atoms. The van der Waals surface area contributed by atoms with Gasteiger partial charge in [-0.25, -0.2) is 18.9 Å². The summed E-state index contributed by atoms with van der Waals surface area (Å²) < 4.78 is 52.8. The summed E-state index contributed by atoms with van der Waals surface area (Å²) in [6, 6.07) is 5.59. The zero-order valence-electron chi connectivity index (χ0n) is 27.1. The van der Waals surface area contributed by atoms with E-state index in [1.807, 2.05) is 0 Å². The number of piperidine rings is 1. The van der Waals surface area contributed by atoms with Crippen molar-refractivity contribution in [3.05, 3.63) is 70.5 Å². The topological polar surface area (TPSA) is 151 Å². The molecule has 0 aromatic heterocycles. The van der Waals surface area contributed by atoms with Crippen LogP contribution in [0.25, 0.3) is 0 Å². The predicted molar refractivity (Wildman–Crippen MR) is 162 cm³/mol. The van der Waals surface area contributed by atoms with Crippen LogP contribution in [0.15, 0.2) is 42.5 Å². The number of imide groups is 1. The van der Waals surface area contributed by atoms with Gasteiger partial charge in [-0.1, -0.05) is 26.0 Å². The third-order valence-corrected chi connectivity index (χ3v) is 7.74. The maximum atomic E-state index is 14.6. The summed E-state index contributed by atoms with van der Waals surface area (Å²) in [6.07, 6.45) is -0.931. The molecule has 0 bridgehead atoms. The van der Waals surface area contributed by atoms with Gasteiger partial charge in [-0.2, -0.15) is 8.78 Å². The number of esters is 1. The molecule has 2 atom stereocenters. The Hall–Kier alpha value is -4.95. The summed E-state index contributed by atoms with van der Waals surface area (Å²) in [5.74, 6) is -9.39. The van der Waals surface area contributed by atoms with E-state index in [9.17, 15) is 41.9 Å². The van der Waals surface area contributed by atoms with Crippen LogP contribution in [0.4, 0.5) is 18.0 Å². The Bertz CT molecular complexity index is 1610. The smallest absolute Gasteiger partial charge is 0.408 e. The van der Waals surface area contributed by atoms with E-state index in [0.717, 1.165) is 29.2 Å². The molecule has 0 spiro atoms. The highest BCUT2D eigenvalue weighted by Gasteiger charge is 2.44. The summed E-state index contributed by atoms with van der Waals surface area (Å²) in [5.41, 5.74) is -0.339. The SMILES string of the molecule is CC(C)[C@H](NC(=O)OC(C)(C)C)C(=O)OCN1C(=O)CC[C@H](N2Cc3cc(CNC(=O)C(F)(F)c4ccc(F)cc4)ccc3C2=O)C1=O. The Morgan fingerprint density at radius 2 is 1.69 bits per heavy atom. The summed E-state index contributed by atoms with van der Waals surface area (Å²) in [7, 11) is 0. The second kappa shape index (κ2) is 14.0. The quantitative estimate of drug-likeness (QED) is 0.286. The van der Waals surface area contributed by atoms with Crippen molar-refractivity contribution >= 4 is 35.7 Å². The molecular formula is C33H37F3N4O8. The van der Waals surface area contributed by atoms with Crippen LogP contribution in [0.1, 0.15) is 74.5 Å². The summed E-state index contributed by atoms with van der Waals surface area (Å²) in [6.45, 7) is 7.24. The number of amides is 5. The van der Waals surface area contributed by atoms with Gasteiger partial charge in [-0.05, 0) is 74.6 Å². The van der Waals surface area contributed by atoms with E-state index >= 15 is 0 Å². The molecule has 0 unspecified atom stereocenters. The number of alkyl halides is 2. The van der Waals surface area contributed by atoms with Crippen molar-refractivity contribution in [2.45, 2.75) is 84.2 Å². The summed E-state index contributed by atoms with van der Waals surface area (Å²) >= 11 is 0. The number of hydrogen-bond acceptors (Lipinski definition) is 8. The number of ether oxygens (including phenoxy) is 2. The van der Waals surface area contributed by atoms with Gasteiger partial charge in [0, 0.05) is 30.6 Å². The van der Waals surface area contributed by atoms with Gasteiger partial charge in [-0.15, -0.1) is 0 Å². The van der Waals surface area contributed by atoms with E-state index in [0.29, 0.717) is 11.1 Å². The lowest BCUT2D eigenvalue weighted by atomic mass is 10.0. The third-order valence-electron chi connectivity index (χ3n) is 7.74. The van der Waals surface area contributed by atoms with E-state index in [4.69, 9.17) is 9.47 Å². The first-order valence-corrected chi connectivity index (χ1v) is 15.2. The van der Waals surface area contributed by atoms with Gasteiger partial charge in [0.1, 0.15) is 23.5 Å². The first-order chi connectivity index (χ1) is 22.4. The molecule has 4 rings (SSSR count). The van der Waals surface area contributed by atoms with E-state index in [1.54, 1.807) is 40.7 Å². The zero-order chi connectivity index (χ0) is 35.6. The second-order valence-corrected chi connectivity index (χ2v) is 12.9. The fourth-order valence-electron chi connectivity index (χ4n) is 5.24. The number of carbonyl (C=O) groups excluding carboxylic acids is 6. The van der Waals surface area contributed by atoms with Crippen molar-refractivity contribution in [2.75, 3.05) is 6.73 Å². The number of fused-ring (bicyclic) bond motifs is 1. The molecule has 12 nitrogen and oxygen atoms in total. The number of hydrogen-bond donors (Lipinski definition) is 2. The lowest BCUT2D eigenvalue weighted by Gasteiger charge is -2.35. The van der Waals surface area contributed by atoms with E-state index < -0.39 is 83.3 Å². The number of alkyl carbamates (subject to hydrolysis) is 1. The fourth-order valence-corrected chi connectivity index (χ4v) is 5.24. The van der Waals surface area contributed by atoms with Crippen LogP contribution in [0.5, 0.6) is 0 Å². The second-order valence-electron chi connectivity index (χ2n) is 12.9. The zero-order valence-corrected chi connectivity index (χ0v) is 27.1. The molecule has 1 fully saturated rings. The number of likely N-dealkylation sites (tertiary alicyclic amines) is 1. The largest absolute Gasteiger partial charge is 0.444 e. The number of benzene rings is 2. The minimum atomic E-state index is -3.92. The highest BCUT2D eigenvalue weighted by Crippen LogP contribution is 2.31. The lowest BCUT2D eigenvalue weighted by Crippen LogP contribution is -2.56. The monoisotopic (exact) mass is 674 g/mol. The highest BCUT2D eigenvalue weighted by atomic mass is 19.3. The van der Waals surface area contributed by atoms with Gasteiger partial charge in [-0.3, -0.25) is 19.2 Å². The normalized spacial score (nSPS) is 17.3. The van der Waals surface area contributed by atoms with Gasteiger partial charge in [0.15, 0.2) is 6.73 Å². The van der Waals surface area contributed by atoms with Crippen LogP contribution in [-0.4, -0.2) is 69.9 Å². The molecule has 5 amide bonds. The summed E-state index contributed by atoms with van der Waals surface area (Å²) in [5, 5.41) is 4.59. The number of carbonyl (C=O) groups is 6. The minimum Gasteiger partial charge on any atom is -0.444 e. The number of rotatable bonds is 10. The van der Waals surface area contributed by atoms with Gasteiger partial charge in [0.25, 0.3) is 17.7 Å². The van der Waals surface area contributed by atoms with Crippen molar-refractivity contribution < 1.29 is 51.4 Å². The van der Waals surface area contributed by atoms with E-state index in [1.165, 1.54) is 17.0 Å². The fraction of sp³-hybridized carbons (Fsp3) is 0.455. The molecule has 0 radical (unpaired) electrons. The standard InChI is InChI=1S/C33H37F3N4O8/c1-18(2)26(38-31(46)48-32(3,4)5)29(44)47-17-40-25(41)13-12-24(28(40)43)39-16-20-14-19(6-11-23(20)27(39)42)15-37-30(45)33(35,36)21-7-9-22(34)10-8-21/h6-11,14,18,24,26H,12-13,15-17H2,1-5H3,(H,37,45)(H,38,46)/t24-,26-/m0/s1. The molecule has 15 heteroatoms. The maximum absolute atomic E-state index is 14.6. The van der Waals surface area contributed by atoms with Crippen LogP contribution in [0.2, 0.25) is 0 Å². The predicted octanol–water partition coefficient (Wildman–Crippen LogP) is 3.76. The molecular weight excluding hydrogens is 637 g/mol. The lowest BCUT2D eigenvalue weighted by molar-refractivity contribution is -0.165. The van der Waals surface area contributed by atoms with Crippen LogP contribution >= 0.6 is 0 Å². The summed E-state index contributed by atoms with van der Waals surface area (Å²) in [4.78, 5) is 78.8. The first kappa shape index (κ1) is 35.9. The molecule has 2 heterocycles. The van der Waals surface area contributed by atoms with Crippen molar-refractivity contribution in [1.29, 1.82) is 0 Å². The van der Waals surface area contributed by atoms with Gasteiger partial charge < -0.3 is 25.0 Å². The molecule has 2 aromatic rings. The van der Waals surface area contributed by atoms with E-state index in [-0.39, 0.29) is 31.5 Å². The Morgan fingerprint density at radius 1 is 1.02 bits per heavy atom. The Labute approximate surface area is 274 Å². The van der Waals surface area contributed by atoms with Gasteiger partial charge >= 0.3 is 18.0 Å². The Morgan fingerprint density at radius 3 is 2.31 bits per heavy atom. The highest BCUT2D eigenvalue weighted by molar-refractivity contribution is 6.05. The Balaban J connectivity index is 1.38. The molecule has 2 aromatic carbocycles. The molecule has 258 valence electrons. The van der Waals surface area contributed by atoms with Crippen LogP contribution < -0.4 is 10.6 Å². The minimum absolute atomic E-state index is 0.0258. The van der Waals surface area contributed by atoms with Crippen LogP contribution in [-0.2, 0) is 47.7 Å².